The number of hydrogen-bond donors (Lipinski definition) is 3. The van der Waals surface area contributed by atoms with Gasteiger partial charge in [-0.05, 0) is 66.3 Å². The number of aromatic nitrogens is 1. The zero-order chi connectivity index (χ0) is 33.3. The van der Waals surface area contributed by atoms with Gasteiger partial charge in [0, 0.05) is 41.7 Å². The first-order chi connectivity index (χ1) is 21.8. The van der Waals surface area contributed by atoms with E-state index in [4.69, 9.17) is 4.74 Å². The molecule has 0 saturated heterocycles. The summed E-state index contributed by atoms with van der Waals surface area (Å²) >= 11 is 0. The van der Waals surface area contributed by atoms with Gasteiger partial charge in [-0.2, -0.15) is 12.7 Å². The van der Waals surface area contributed by atoms with Gasteiger partial charge in [-0.15, -0.1) is 0 Å². The highest BCUT2D eigenvalue weighted by Gasteiger charge is 2.32. The van der Waals surface area contributed by atoms with Crippen LogP contribution in [-0.2, 0) is 31.1 Å². The number of carboxylic acids is 2. The molecule has 14 heteroatoms. The number of carboxylic acid groups (broad SMARTS) is 2. The molecule has 1 aromatic heterocycles. The number of carbonyl (C=O) groups excluding carboxylic acids is 2. The maximum Gasteiger partial charge on any atom is 0.323 e. The third-order valence-corrected chi connectivity index (χ3v) is 9.87. The van der Waals surface area contributed by atoms with Gasteiger partial charge in [-0.3, -0.25) is 19.2 Å². The smallest absolute Gasteiger partial charge is 0.323 e. The Hall–Kier alpha value is -4.69. The highest BCUT2D eigenvalue weighted by atomic mass is 32.2. The van der Waals surface area contributed by atoms with Crippen LogP contribution in [0.15, 0.2) is 42.0 Å². The summed E-state index contributed by atoms with van der Waals surface area (Å²) in [4.78, 5) is 51.0. The van der Waals surface area contributed by atoms with E-state index in [0.717, 1.165) is 63.5 Å². The Morgan fingerprint density at radius 3 is 2.26 bits per heavy atom. The Balaban J connectivity index is 1.76. The molecule has 0 bridgehead atoms. The minimum absolute atomic E-state index is 0.0643. The molecule has 13 nitrogen and oxygen atoms in total. The number of rotatable bonds is 10. The number of amides is 2. The first-order valence-corrected chi connectivity index (χ1v) is 16.3. The summed E-state index contributed by atoms with van der Waals surface area (Å²) in [5, 5.41) is 19.8. The molecule has 5 rings (SSSR count). The topological polar surface area (TPSA) is 176 Å². The second-order valence-corrected chi connectivity index (χ2v) is 13.6. The fourth-order valence-corrected chi connectivity index (χ4v) is 6.84. The van der Waals surface area contributed by atoms with Gasteiger partial charge >= 0.3 is 22.1 Å². The number of carbonyl (C=O) groups is 4. The molecule has 1 fully saturated rings. The summed E-state index contributed by atoms with van der Waals surface area (Å²) in [6, 6.07) is 10.4. The summed E-state index contributed by atoms with van der Waals surface area (Å²) in [7, 11) is 0.0531. The molecule has 2 heterocycles. The van der Waals surface area contributed by atoms with Crippen LogP contribution in [0.1, 0.15) is 59.5 Å². The number of nitrogens with one attached hydrogen (secondary N) is 1. The van der Waals surface area contributed by atoms with Crippen LogP contribution < -0.4 is 9.46 Å². The fourth-order valence-electron chi connectivity index (χ4n) is 6.31. The molecule has 0 spiro atoms. The molecule has 1 aliphatic heterocycles. The molecular formula is C32H36N4O9S. The van der Waals surface area contributed by atoms with Gasteiger partial charge in [0.2, 0.25) is 0 Å². The van der Waals surface area contributed by atoms with E-state index < -0.39 is 47.1 Å². The number of hydrogen-bond acceptors (Lipinski definition) is 7. The average Bonchev–Trinajstić information content (AvgIpc) is 3.22. The van der Waals surface area contributed by atoms with E-state index in [0.29, 0.717) is 16.8 Å². The standard InChI is InChI=1S/C32H36N4O9S/c1-34(2)46(43,44)33-31(41)20-9-11-25-26(15-20)36-16-22(32(42)35(17-27(37)38)18-28(39)40)13-21-14-23(45-3)10-12-24(21)30(36)29(25)19-7-5-4-6-8-19/h9-15,19H,4-8,16-18H2,1-3H3,(H,33,41)(H,37,38)(H,39,40). The molecule has 244 valence electrons. The summed E-state index contributed by atoms with van der Waals surface area (Å²) in [5.41, 5.74) is 4.07. The van der Waals surface area contributed by atoms with Crippen LogP contribution >= 0.6 is 0 Å². The Bertz CT molecular complexity index is 1860. The highest BCUT2D eigenvalue weighted by Crippen LogP contribution is 2.47. The van der Waals surface area contributed by atoms with Gasteiger partial charge in [0.05, 0.1) is 19.3 Å². The van der Waals surface area contributed by atoms with E-state index in [1.54, 1.807) is 36.4 Å². The van der Waals surface area contributed by atoms with Crippen molar-refractivity contribution in [1.82, 2.24) is 18.5 Å². The Kier molecular flexibility index (Phi) is 9.22. The zero-order valence-electron chi connectivity index (χ0n) is 25.8. The number of fused-ring (bicyclic) bond motifs is 5. The number of nitrogens with zero attached hydrogens (tertiary/aromatic N) is 3. The van der Waals surface area contributed by atoms with Crippen LogP contribution in [0.2, 0.25) is 0 Å². The molecule has 1 aliphatic carbocycles. The lowest BCUT2D eigenvalue weighted by Crippen LogP contribution is -2.40. The van der Waals surface area contributed by atoms with Gasteiger partial charge in [-0.1, -0.05) is 25.3 Å². The quantitative estimate of drug-likeness (QED) is 0.297. The maximum absolute atomic E-state index is 13.9. The highest BCUT2D eigenvalue weighted by molar-refractivity contribution is 7.87. The van der Waals surface area contributed by atoms with E-state index in [9.17, 15) is 37.8 Å². The van der Waals surface area contributed by atoms with Crippen molar-refractivity contribution in [3.63, 3.8) is 0 Å². The van der Waals surface area contributed by atoms with Gasteiger partial charge in [-0.25, -0.2) is 4.72 Å². The lowest BCUT2D eigenvalue weighted by Gasteiger charge is -2.24. The van der Waals surface area contributed by atoms with Crippen molar-refractivity contribution in [1.29, 1.82) is 0 Å². The third kappa shape index (κ3) is 6.49. The molecule has 2 aromatic carbocycles. The van der Waals surface area contributed by atoms with Crippen molar-refractivity contribution in [3.05, 3.63) is 58.7 Å². The minimum atomic E-state index is -4.07. The van der Waals surface area contributed by atoms with E-state index in [1.165, 1.54) is 21.2 Å². The van der Waals surface area contributed by atoms with Crippen LogP contribution in [0.25, 0.3) is 28.2 Å². The first-order valence-electron chi connectivity index (χ1n) is 14.8. The van der Waals surface area contributed by atoms with E-state index in [2.05, 4.69) is 4.72 Å². The number of methoxy groups -OCH3 is 1. The largest absolute Gasteiger partial charge is 0.497 e. The predicted molar refractivity (Wildman–Crippen MR) is 170 cm³/mol. The zero-order valence-corrected chi connectivity index (χ0v) is 26.6. The fraction of sp³-hybridized carbons (Fsp3) is 0.375. The molecule has 3 N–H and O–H groups in total. The van der Waals surface area contributed by atoms with Crippen LogP contribution in [0.5, 0.6) is 5.75 Å². The predicted octanol–water partition coefficient (Wildman–Crippen LogP) is 3.30. The summed E-state index contributed by atoms with van der Waals surface area (Å²) in [5.74, 6) is -3.62. The summed E-state index contributed by atoms with van der Waals surface area (Å²) in [6.07, 6.45) is 6.69. The summed E-state index contributed by atoms with van der Waals surface area (Å²) in [6.45, 7) is -1.69. The van der Waals surface area contributed by atoms with Crippen LogP contribution in [-0.4, -0.2) is 90.5 Å². The monoisotopic (exact) mass is 652 g/mol. The van der Waals surface area contributed by atoms with Gasteiger partial charge in [0.15, 0.2) is 0 Å². The van der Waals surface area contributed by atoms with Crippen molar-refractivity contribution in [2.75, 3.05) is 34.3 Å². The molecule has 1 saturated carbocycles. The van der Waals surface area contributed by atoms with E-state index in [-0.39, 0.29) is 23.6 Å². The number of benzene rings is 2. The molecule has 46 heavy (non-hydrogen) atoms. The van der Waals surface area contributed by atoms with Crippen LogP contribution in [0.3, 0.4) is 0 Å². The Labute approximate surface area is 266 Å². The van der Waals surface area contributed by atoms with Crippen molar-refractivity contribution in [2.45, 2.75) is 44.6 Å². The van der Waals surface area contributed by atoms with Crippen molar-refractivity contribution in [3.8, 4) is 17.0 Å². The molecule has 2 aliphatic rings. The molecule has 0 unspecified atom stereocenters. The van der Waals surface area contributed by atoms with Gasteiger partial charge < -0.3 is 24.4 Å². The van der Waals surface area contributed by atoms with E-state index >= 15 is 0 Å². The molecule has 2 amide bonds. The normalized spacial score (nSPS) is 15.0. The molecule has 0 atom stereocenters. The second-order valence-electron chi connectivity index (χ2n) is 11.7. The van der Waals surface area contributed by atoms with Gasteiger partial charge in [0.1, 0.15) is 18.8 Å². The Morgan fingerprint density at radius 2 is 1.65 bits per heavy atom. The van der Waals surface area contributed by atoms with Gasteiger partial charge in [0.25, 0.3) is 11.8 Å². The molecule has 0 radical (unpaired) electrons. The van der Waals surface area contributed by atoms with Crippen molar-refractivity contribution < 1.29 is 42.5 Å². The second kappa shape index (κ2) is 13.0. The number of ether oxygens (including phenoxy) is 1. The van der Waals surface area contributed by atoms with Crippen molar-refractivity contribution in [2.24, 2.45) is 0 Å². The maximum atomic E-state index is 13.9. The SMILES string of the molecule is COc1ccc2c(c1)C=C(C(=O)N(CC(=O)O)CC(=O)O)Cn1c-2c(C2CCCCC2)c2ccc(C(=O)NS(=O)(=O)N(C)C)cc21. The molecule has 3 aromatic rings. The van der Waals surface area contributed by atoms with Crippen molar-refractivity contribution >= 4 is 50.9 Å². The Morgan fingerprint density at radius 1 is 0.978 bits per heavy atom. The lowest BCUT2D eigenvalue weighted by atomic mass is 9.81. The molecular weight excluding hydrogens is 616 g/mol. The van der Waals surface area contributed by atoms with E-state index in [1.807, 2.05) is 10.6 Å². The van der Waals surface area contributed by atoms with Crippen LogP contribution in [0, 0.1) is 0 Å². The first kappa shape index (κ1) is 32.7. The lowest BCUT2D eigenvalue weighted by molar-refractivity contribution is -0.147. The average molecular weight is 653 g/mol. The van der Waals surface area contributed by atoms with Crippen LogP contribution in [0.4, 0.5) is 0 Å². The number of aliphatic carboxylic acids is 2. The third-order valence-electron chi connectivity index (χ3n) is 8.47. The summed E-state index contributed by atoms with van der Waals surface area (Å²) < 4.78 is 35.2. The minimum Gasteiger partial charge on any atom is -0.497 e.